The van der Waals surface area contributed by atoms with Crippen LogP contribution in [0.25, 0.3) is 0 Å². The molecule has 5 nitrogen and oxygen atoms in total. The quantitative estimate of drug-likeness (QED) is 0.806. The summed E-state index contributed by atoms with van der Waals surface area (Å²) in [6.45, 7) is 7.01. The fourth-order valence-corrected chi connectivity index (χ4v) is 3.10. The van der Waals surface area contributed by atoms with E-state index in [1.807, 2.05) is 30.3 Å². The molecule has 2 N–H and O–H groups in total. The van der Waals surface area contributed by atoms with Gasteiger partial charge in [0, 0.05) is 13.2 Å². The summed E-state index contributed by atoms with van der Waals surface area (Å²) < 4.78 is 5.72. The summed E-state index contributed by atoms with van der Waals surface area (Å²) in [5.41, 5.74) is 0.0968. The van der Waals surface area contributed by atoms with E-state index in [9.17, 15) is 9.90 Å². The number of carbonyl (C=O) groups is 1. The van der Waals surface area contributed by atoms with Crippen LogP contribution in [0.2, 0.25) is 0 Å². The number of hydrogen-bond acceptors (Lipinski definition) is 3. The van der Waals surface area contributed by atoms with Gasteiger partial charge in [-0.1, -0.05) is 37.3 Å². The van der Waals surface area contributed by atoms with Gasteiger partial charge in [-0.3, -0.25) is 0 Å². The van der Waals surface area contributed by atoms with E-state index in [-0.39, 0.29) is 24.7 Å². The molecule has 1 heterocycles. The largest absolute Gasteiger partial charge is 0.389 e. The first-order valence-electron chi connectivity index (χ1n) is 8.82. The SMILES string of the molecule is CCC(NC(=O)N(Cc1ccccc1)CC(C)(C)O)C1CCCO1. The number of aliphatic hydroxyl groups is 1. The Labute approximate surface area is 145 Å². The molecule has 1 aromatic rings. The minimum Gasteiger partial charge on any atom is -0.389 e. The lowest BCUT2D eigenvalue weighted by Gasteiger charge is -2.32. The van der Waals surface area contributed by atoms with Crippen LogP contribution in [0.3, 0.4) is 0 Å². The predicted molar refractivity (Wildman–Crippen MR) is 94.7 cm³/mol. The van der Waals surface area contributed by atoms with Gasteiger partial charge in [0.2, 0.25) is 0 Å². The van der Waals surface area contributed by atoms with Crippen molar-refractivity contribution in [2.75, 3.05) is 13.2 Å². The van der Waals surface area contributed by atoms with Crippen molar-refractivity contribution in [3.8, 4) is 0 Å². The van der Waals surface area contributed by atoms with Crippen LogP contribution in [0.5, 0.6) is 0 Å². The molecule has 2 atom stereocenters. The smallest absolute Gasteiger partial charge is 0.318 e. The second-order valence-electron chi connectivity index (χ2n) is 7.17. The van der Waals surface area contributed by atoms with Gasteiger partial charge in [0.25, 0.3) is 0 Å². The Balaban J connectivity index is 2.05. The van der Waals surface area contributed by atoms with Crippen molar-refractivity contribution in [3.05, 3.63) is 35.9 Å². The number of amides is 2. The minimum atomic E-state index is -0.947. The molecule has 1 saturated heterocycles. The standard InChI is InChI=1S/C19H30N2O3/c1-4-16(17-11-8-12-24-17)20-18(22)21(14-19(2,3)23)13-15-9-6-5-7-10-15/h5-7,9-10,16-17,23H,4,8,11-14H2,1-3H3,(H,20,22). The number of carbonyl (C=O) groups excluding carboxylic acids is 1. The van der Waals surface area contributed by atoms with Crippen molar-refractivity contribution in [3.63, 3.8) is 0 Å². The zero-order chi connectivity index (χ0) is 17.6. The molecule has 134 valence electrons. The van der Waals surface area contributed by atoms with Crippen LogP contribution in [-0.4, -0.2) is 46.9 Å². The number of hydrogen-bond donors (Lipinski definition) is 2. The summed E-state index contributed by atoms with van der Waals surface area (Å²) in [5.74, 6) is 0. The number of rotatable bonds is 7. The average Bonchev–Trinajstić information content (AvgIpc) is 3.05. The van der Waals surface area contributed by atoms with Crippen LogP contribution in [0, 0.1) is 0 Å². The normalized spacial score (nSPS) is 19.1. The van der Waals surface area contributed by atoms with E-state index in [0.29, 0.717) is 6.54 Å². The Kier molecular flexibility index (Phi) is 6.63. The maximum Gasteiger partial charge on any atom is 0.318 e. The molecule has 5 heteroatoms. The topological polar surface area (TPSA) is 61.8 Å². The van der Waals surface area contributed by atoms with E-state index in [2.05, 4.69) is 12.2 Å². The summed E-state index contributed by atoms with van der Waals surface area (Å²) in [5, 5.41) is 13.3. The van der Waals surface area contributed by atoms with Gasteiger partial charge in [0.05, 0.1) is 24.3 Å². The maximum absolute atomic E-state index is 12.8. The average molecular weight is 334 g/mol. The summed E-state index contributed by atoms with van der Waals surface area (Å²) >= 11 is 0. The highest BCUT2D eigenvalue weighted by atomic mass is 16.5. The zero-order valence-corrected chi connectivity index (χ0v) is 15.0. The second-order valence-corrected chi connectivity index (χ2v) is 7.17. The van der Waals surface area contributed by atoms with Crippen molar-refractivity contribution < 1.29 is 14.6 Å². The molecule has 0 saturated carbocycles. The fraction of sp³-hybridized carbons (Fsp3) is 0.632. The first-order chi connectivity index (χ1) is 11.4. The molecule has 0 aromatic heterocycles. The molecule has 0 radical (unpaired) electrons. The molecule has 24 heavy (non-hydrogen) atoms. The lowest BCUT2D eigenvalue weighted by atomic mass is 10.1. The number of nitrogens with zero attached hydrogens (tertiary/aromatic N) is 1. The van der Waals surface area contributed by atoms with E-state index in [4.69, 9.17) is 4.74 Å². The van der Waals surface area contributed by atoms with E-state index in [0.717, 1.165) is 31.4 Å². The van der Waals surface area contributed by atoms with Crippen molar-refractivity contribution in [1.82, 2.24) is 10.2 Å². The third-order valence-electron chi connectivity index (χ3n) is 4.24. The van der Waals surface area contributed by atoms with Crippen LogP contribution in [0.4, 0.5) is 4.79 Å². The second kappa shape index (κ2) is 8.49. The zero-order valence-electron chi connectivity index (χ0n) is 15.0. The van der Waals surface area contributed by atoms with Crippen LogP contribution in [-0.2, 0) is 11.3 Å². The summed E-state index contributed by atoms with van der Waals surface area (Å²) in [4.78, 5) is 14.5. The molecule has 1 fully saturated rings. The summed E-state index contributed by atoms with van der Waals surface area (Å²) in [6, 6.07) is 9.70. The first kappa shape index (κ1) is 18.7. The van der Waals surface area contributed by atoms with E-state index in [1.165, 1.54) is 0 Å². The van der Waals surface area contributed by atoms with Gasteiger partial charge in [-0.2, -0.15) is 0 Å². The minimum absolute atomic E-state index is 0.0140. The van der Waals surface area contributed by atoms with Gasteiger partial charge >= 0.3 is 6.03 Å². The molecule has 0 aliphatic carbocycles. The van der Waals surface area contributed by atoms with Gasteiger partial charge < -0.3 is 20.1 Å². The Hall–Kier alpha value is -1.59. The predicted octanol–water partition coefficient (Wildman–Crippen LogP) is 2.93. The molecular weight excluding hydrogens is 304 g/mol. The summed E-state index contributed by atoms with van der Waals surface area (Å²) in [6.07, 6.45) is 2.97. The molecular formula is C19H30N2O3. The molecule has 0 bridgehead atoms. The monoisotopic (exact) mass is 334 g/mol. The highest BCUT2D eigenvalue weighted by Crippen LogP contribution is 2.18. The highest BCUT2D eigenvalue weighted by molar-refractivity contribution is 5.74. The summed E-state index contributed by atoms with van der Waals surface area (Å²) in [7, 11) is 0. The van der Waals surface area contributed by atoms with E-state index < -0.39 is 5.60 Å². The highest BCUT2D eigenvalue weighted by Gasteiger charge is 2.29. The number of urea groups is 1. The third kappa shape index (κ3) is 5.80. The molecule has 1 aliphatic rings. The van der Waals surface area contributed by atoms with E-state index >= 15 is 0 Å². The van der Waals surface area contributed by atoms with Crippen molar-refractivity contribution in [2.24, 2.45) is 0 Å². The van der Waals surface area contributed by atoms with Crippen LogP contribution in [0.15, 0.2) is 30.3 Å². The Morgan fingerprint density at radius 1 is 1.42 bits per heavy atom. The lowest BCUT2D eigenvalue weighted by Crippen LogP contribution is -2.51. The van der Waals surface area contributed by atoms with Crippen molar-refractivity contribution in [2.45, 2.75) is 64.3 Å². The Morgan fingerprint density at radius 2 is 2.12 bits per heavy atom. The fourth-order valence-electron chi connectivity index (χ4n) is 3.10. The van der Waals surface area contributed by atoms with Gasteiger partial charge in [0.15, 0.2) is 0 Å². The van der Waals surface area contributed by atoms with Crippen LogP contribution in [0.1, 0.15) is 45.6 Å². The molecule has 2 amide bonds. The molecule has 2 rings (SSSR count). The molecule has 1 aromatic carbocycles. The number of ether oxygens (including phenoxy) is 1. The molecule has 0 spiro atoms. The Bertz CT molecular complexity index is 507. The first-order valence-corrected chi connectivity index (χ1v) is 8.82. The maximum atomic E-state index is 12.8. The van der Waals surface area contributed by atoms with Gasteiger partial charge in [0.1, 0.15) is 0 Å². The van der Waals surface area contributed by atoms with E-state index in [1.54, 1.807) is 18.7 Å². The van der Waals surface area contributed by atoms with Gasteiger partial charge in [-0.05, 0) is 38.7 Å². The Morgan fingerprint density at radius 3 is 2.67 bits per heavy atom. The lowest BCUT2D eigenvalue weighted by molar-refractivity contribution is 0.0406. The van der Waals surface area contributed by atoms with Gasteiger partial charge in [-0.15, -0.1) is 0 Å². The molecule has 1 aliphatic heterocycles. The van der Waals surface area contributed by atoms with Crippen molar-refractivity contribution >= 4 is 6.03 Å². The molecule has 2 unspecified atom stereocenters. The number of nitrogens with one attached hydrogen (secondary N) is 1. The van der Waals surface area contributed by atoms with Crippen LogP contribution >= 0.6 is 0 Å². The van der Waals surface area contributed by atoms with Gasteiger partial charge in [-0.25, -0.2) is 4.79 Å². The number of benzene rings is 1. The van der Waals surface area contributed by atoms with Crippen LogP contribution < -0.4 is 5.32 Å². The third-order valence-corrected chi connectivity index (χ3v) is 4.24. The van der Waals surface area contributed by atoms with Crippen molar-refractivity contribution in [1.29, 1.82) is 0 Å².